The largest absolute Gasteiger partial charge is 0.495 e. The zero-order valence-electron chi connectivity index (χ0n) is 12.5. The molecule has 1 aromatic heterocycles. The summed E-state index contributed by atoms with van der Waals surface area (Å²) in [4.78, 5) is 7.96. The Balaban J connectivity index is 2.05. The molecule has 0 unspecified atom stereocenters. The van der Waals surface area contributed by atoms with Gasteiger partial charge in [-0.3, -0.25) is 0 Å². The lowest BCUT2D eigenvalue weighted by Gasteiger charge is -2.16. The van der Waals surface area contributed by atoms with Crippen molar-refractivity contribution >= 4 is 38.1 Å². The maximum absolute atomic E-state index is 5.36. The highest BCUT2D eigenvalue weighted by Crippen LogP contribution is 2.29. The predicted octanol–water partition coefficient (Wildman–Crippen LogP) is 4.37. The molecule has 2 aromatic rings. The molecule has 114 valence electrons. The number of nitrogens with zero attached hydrogens (tertiary/aromatic N) is 2. The Morgan fingerprint density at radius 3 is 2.76 bits per heavy atom. The average molecular weight is 370 g/mol. The molecule has 0 radical (unpaired) electrons. The first-order valence-corrected chi connectivity index (χ1v) is 8.55. The van der Waals surface area contributed by atoms with Crippen LogP contribution in [0.5, 0.6) is 5.75 Å². The molecule has 0 amide bonds. The maximum atomic E-state index is 5.36. The van der Waals surface area contributed by atoms with E-state index in [9.17, 15) is 0 Å². The van der Waals surface area contributed by atoms with Gasteiger partial charge in [0.1, 0.15) is 5.75 Å². The summed E-state index contributed by atoms with van der Waals surface area (Å²) in [6.45, 7) is 7.00. The van der Waals surface area contributed by atoms with E-state index in [2.05, 4.69) is 45.0 Å². The van der Waals surface area contributed by atoms with Gasteiger partial charge < -0.3 is 15.0 Å². The topological polar surface area (TPSA) is 37.4 Å². The zero-order valence-corrected chi connectivity index (χ0v) is 14.9. The molecule has 4 nitrogen and oxygen atoms in total. The van der Waals surface area contributed by atoms with E-state index in [1.807, 2.05) is 24.4 Å². The number of methoxy groups -OCH3 is 1. The number of anilines is 2. The van der Waals surface area contributed by atoms with Crippen LogP contribution in [-0.2, 0) is 6.54 Å². The van der Waals surface area contributed by atoms with Crippen molar-refractivity contribution in [1.29, 1.82) is 0 Å². The van der Waals surface area contributed by atoms with Gasteiger partial charge in [0, 0.05) is 28.6 Å². The van der Waals surface area contributed by atoms with Crippen molar-refractivity contribution < 1.29 is 4.74 Å². The quantitative estimate of drug-likeness (QED) is 0.785. The molecule has 1 heterocycles. The number of ether oxygens (including phenoxy) is 1. The first-order valence-electron chi connectivity index (χ1n) is 6.95. The van der Waals surface area contributed by atoms with Crippen LogP contribution in [0.15, 0.2) is 28.9 Å². The monoisotopic (exact) mass is 369 g/mol. The van der Waals surface area contributed by atoms with Gasteiger partial charge in [0.15, 0.2) is 5.13 Å². The van der Waals surface area contributed by atoms with Crippen LogP contribution >= 0.6 is 27.3 Å². The number of nitrogens with one attached hydrogen (secondary N) is 1. The summed E-state index contributed by atoms with van der Waals surface area (Å²) in [5.41, 5.74) is 0.977. The molecule has 0 aliphatic heterocycles. The summed E-state index contributed by atoms with van der Waals surface area (Å²) in [5.74, 6) is 0.840. The van der Waals surface area contributed by atoms with Crippen LogP contribution in [0.25, 0.3) is 0 Å². The number of hydrogen-bond donors (Lipinski definition) is 1. The lowest BCUT2D eigenvalue weighted by molar-refractivity contribution is 0.416. The molecule has 0 saturated heterocycles. The van der Waals surface area contributed by atoms with Crippen molar-refractivity contribution in [3.05, 3.63) is 33.7 Å². The van der Waals surface area contributed by atoms with Crippen molar-refractivity contribution in [3.63, 3.8) is 0 Å². The normalized spacial score (nSPS) is 10.5. The Bertz CT molecular complexity index is 584. The van der Waals surface area contributed by atoms with Gasteiger partial charge in [-0.2, -0.15) is 0 Å². The fourth-order valence-corrected chi connectivity index (χ4v) is 3.36. The molecule has 6 heteroatoms. The third-order valence-corrected chi connectivity index (χ3v) is 4.74. The highest BCUT2D eigenvalue weighted by molar-refractivity contribution is 9.10. The molecule has 0 aliphatic carbocycles. The predicted molar refractivity (Wildman–Crippen MR) is 93.7 cm³/mol. The van der Waals surface area contributed by atoms with Crippen LogP contribution in [0, 0.1) is 0 Å². The minimum Gasteiger partial charge on any atom is -0.495 e. The van der Waals surface area contributed by atoms with E-state index in [-0.39, 0.29) is 0 Å². The second-order valence-electron chi connectivity index (χ2n) is 4.48. The fraction of sp³-hybridized carbons (Fsp3) is 0.400. The minimum atomic E-state index is 0.742. The summed E-state index contributed by atoms with van der Waals surface area (Å²) in [7, 11) is 1.68. The maximum Gasteiger partial charge on any atom is 0.185 e. The summed E-state index contributed by atoms with van der Waals surface area (Å²) in [6, 6.07) is 5.93. The molecule has 0 bridgehead atoms. The Hall–Kier alpha value is -1.27. The van der Waals surface area contributed by atoms with Crippen LogP contribution < -0.4 is 15.0 Å². The molecule has 1 N–H and O–H groups in total. The molecule has 2 rings (SSSR count). The van der Waals surface area contributed by atoms with Gasteiger partial charge in [-0.15, -0.1) is 11.3 Å². The van der Waals surface area contributed by atoms with Crippen molar-refractivity contribution in [1.82, 2.24) is 4.98 Å². The Morgan fingerprint density at radius 2 is 2.10 bits per heavy atom. The summed E-state index contributed by atoms with van der Waals surface area (Å²) >= 11 is 5.21. The molecule has 0 aliphatic rings. The number of rotatable bonds is 7. The van der Waals surface area contributed by atoms with E-state index in [4.69, 9.17) is 4.74 Å². The molecule has 21 heavy (non-hydrogen) atoms. The molecule has 0 saturated carbocycles. The second-order valence-corrected chi connectivity index (χ2v) is 6.49. The number of thiazole rings is 1. The fourth-order valence-electron chi connectivity index (χ4n) is 2.02. The van der Waals surface area contributed by atoms with Crippen molar-refractivity contribution in [2.75, 3.05) is 30.4 Å². The van der Waals surface area contributed by atoms with Crippen LogP contribution in [0.3, 0.4) is 0 Å². The summed E-state index contributed by atoms with van der Waals surface area (Å²) < 4.78 is 6.39. The molecule has 0 spiro atoms. The first kappa shape index (κ1) is 16.1. The van der Waals surface area contributed by atoms with Gasteiger partial charge in [0.25, 0.3) is 0 Å². The highest BCUT2D eigenvalue weighted by Gasteiger charge is 2.09. The molecular weight excluding hydrogens is 350 g/mol. The highest BCUT2D eigenvalue weighted by atomic mass is 79.9. The Morgan fingerprint density at radius 1 is 1.33 bits per heavy atom. The molecule has 0 fully saturated rings. The van der Waals surface area contributed by atoms with Gasteiger partial charge in [-0.25, -0.2) is 4.98 Å². The van der Waals surface area contributed by atoms with Gasteiger partial charge in [-0.05, 0) is 32.0 Å². The third kappa shape index (κ3) is 4.11. The van der Waals surface area contributed by atoms with E-state index in [1.54, 1.807) is 18.4 Å². The lowest BCUT2D eigenvalue weighted by atomic mass is 10.3. The van der Waals surface area contributed by atoms with Gasteiger partial charge >= 0.3 is 0 Å². The van der Waals surface area contributed by atoms with Gasteiger partial charge in [0.05, 0.1) is 19.3 Å². The van der Waals surface area contributed by atoms with Crippen LogP contribution in [0.4, 0.5) is 10.8 Å². The van der Waals surface area contributed by atoms with Gasteiger partial charge in [0.2, 0.25) is 0 Å². The van der Waals surface area contributed by atoms with E-state index in [0.717, 1.165) is 40.7 Å². The lowest BCUT2D eigenvalue weighted by Crippen LogP contribution is -2.21. The first-order chi connectivity index (χ1) is 10.2. The van der Waals surface area contributed by atoms with Crippen molar-refractivity contribution in [2.24, 2.45) is 0 Å². The molecule has 0 atom stereocenters. The Kier molecular flexibility index (Phi) is 5.87. The third-order valence-electron chi connectivity index (χ3n) is 3.19. The summed E-state index contributed by atoms with van der Waals surface area (Å²) in [6.07, 6.45) is 1.94. The smallest absolute Gasteiger partial charge is 0.185 e. The number of halogens is 1. The van der Waals surface area contributed by atoms with Crippen LogP contribution in [0.2, 0.25) is 0 Å². The SMILES string of the molecule is CCN(CC)c1ncc(CNc2cc(Br)ccc2OC)s1. The van der Waals surface area contributed by atoms with Gasteiger partial charge in [-0.1, -0.05) is 15.9 Å². The second kappa shape index (κ2) is 7.66. The number of aromatic nitrogens is 1. The number of hydrogen-bond acceptors (Lipinski definition) is 5. The Labute approximate surface area is 138 Å². The van der Waals surface area contributed by atoms with Crippen molar-refractivity contribution in [2.45, 2.75) is 20.4 Å². The van der Waals surface area contributed by atoms with E-state index < -0.39 is 0 Å². The van der Waals surface area contributed by atoms with E-state index >= 15 is 0 Å². The zero-order chi connectivity index (χ0) is 15.2. The van der Waals surface area contributed by atoms with Crippen molar-refractivity contribution in [3.8, 4) is 5.75 Å². The van der Waals surface area contributed by atoms with Crippen LogP contribution in [0.1, 0.15) is 18.7 Å². The number of benzene rings is 1. The average Bonchev–Trinajstić information content (AvgIpc) is 2.95. The minimum absolute atomic E-state index is 0.742. The van der Waals surface area contributed by atoms with E-state index in [1.165, 1.54) is 4.88 Å². The molecule has 1 aromatic carbocycles. The summed E-state index contributed by atoms with van der Waals surface area (Å²) in [5, 5.41) is 4.49. The van der Waals surface area contributed by atoms with E-state index in [0.29, 0.717) is 0 Å². The standard InChI is InChI=1S/C15H20BrN3OS/c1-4-19(5-2)15-18-10-12(21-15)9-17-13-8-11(16)6-7-14(13)20-3/h6-8,10,17H,4-5,9H2,1-3H3. The van der Waals surface area contributed by atoms with Crippen LogP contribution in [-0.4, -0.2) is 25.2 Å². The molecular formula is C15H20BrN3OS.